The third-order valence-electron chi connectivity index (χ3n) is 1.17. The minimum atomic E-state index is 0.276. The summed E-state index contributed by atoms with van der Waals surface area (Å²) in [6.45, 7) is 0. The van der Waals surface area contributed by atoms with Gasteiger partial charge in [0.25, 0.3) is 0 Å². The first kappa shape index (κ1) is 8.59. The molecule has 58 valence electrons. The minimum absolute atomic E-state index is 0.276. The van der Waals surface area contributed by atoms with Crippen molar-refractivity contribution in [2.24, 2.45) is 0 Å². The highest BCUT2D eigenvalue weighted by molar-refractivity contribution is 6.19. The molecule has 3 heteroatoms. The van der Waals surface area contributed by atoms with Crippen molar-refractivity contribution in [1.29, 1.82) is 5.26 Å². The quantitative estimate of drug-likeness (QED) is 0.444. The average Bonchev–Trinajstić information content (AvgIpc) is 2.15. The van der Waals surface area contributed by atoms with Crippen molar-refractivity contribution in [3.63, 3.8) is 0 Å². The monoisotopic (exact) mass is 176 g/mol. The zero-order valence-corrected chi connectivity index (χ0v) is 6.97. The van der Waals surface area contributed by atoms with Gasteiger partial charge in [0, 0.05) is 6.20 Å². The topological polar surface area (TPSA) is 36.7 Å². The molecule has 0 fully saturated rings. The highest BCUT2D eigenvalue weighted by atomic mass is 35.5. The molecule has 0 atom stereocenters. The van der Waals surface area contributed by atoms with Gasteiger partial charge in [0.1, 0.15) is 5.69 Å². The Morgan fingerprint density at radius 2 is 2.42 bits per heavy atom. The normalized spacial score (nSPS) is 8.00. The summed E-state index contributed by atoms with van der Waals surface area (Å²) < 4.78 is 0. The van der Waals surface area contributed by atoms with Gasteiger partial charge in [-0.25, -0.2) is 4.98 Å². The lowest BCUT2D eigenvalue weighted by Crippen LogP contribution is -1.83. The maximum absolute atomic E-state index is 8.54. The molecule has 0 saturated heterocycles. The first-order valence-electron chi connectivity index (χ1n) is 3.28. The summed E-state index contributed by atoms with van der Waals surface area (Å²) in [5.41, 5.74) is 1.14. The SMILES string of the molecule is N#Cc1ccnc(C#CCCl)c1. The summed E-state index contributed by atoms with van der Waals surface area (Å²) in [4.78, 5) is 3.94. The van der Waals surface area contributed by atoms with Crippen LogP contribution in [0.4, 0.5) is 0 Å². The van der Waals surface area contributed by atoms with Gasteiger partial charge in [0.15, 0.2) is 0 Å². The Balaban J connectivity index is 2.96. The third-order valence-corrected chi connectivity index (χ3v) is 1.31. The molecule has 0 aromatic carbocycles. The molecule has 1 aromatic heterocycles. The highest BCUT2D eigenvalue weighted by Gasteiger charge is 1.90. The molecule has 1 rings (SSSR count). The molecule has 0 spiro atoms. The third kappa shape index (κ3) is 2.27. The lowest BCUT2D eigenvalue weighted by molar-refractivity contribution is 1.27. The molecular weight excluding hydrogens is 172 g/mol. The molecule has 0 bridgehead atoms. The zero-order valence-electron chi connectivity index (χ0n) is 6.21. The summed E-state index contributed by atoms with van der Waals surface area (Å²) >= 11 is 5.36. The van der Waals surface area contributed by atoms with Gasteiger partial charge in [-0.2, -0.15) is 5.26 Å². The predicted octanol–water partition coefficient (Wildman–Crippen LogP) is 1.54. The fourth-order valence-corrected chi connectivity index (χ4v) is 0.759. The zero-order chi connectivity index (χ0) is 8.81. The van der Waals surface area contributed by atoms with Gasteiger partial charge >= 0.3 is 0 Å². The fourth-order valence-electron chi connectivity index (χ4n) is 0.692. The Kier molecular flexibility index (Phi) is 3.14. The molecule has 1 heterocycles. The number of aromatic nitrogens is 1. The van der Waals surface area contributed by atoms with Crippen LogP contribution in [0.15, 0.2) is 18.3 Å². The van der Waals surface area contributed by atoms with E-state index in [1.54, 1.807) is 18.3 Å². The molecule has 0 aliphatic heterocycles. The largest absolute Gasteiger partial charge is 0.248 e. The van der Waals surface area contributed by atoms with Crippen molar-refractivity contribution in [2.45, 2.75) is 0 Å². The number of nitriles is 1. The predicted molar refractivity (Wildman–Crippen MR) is 46.6 cm³/mol. The number of rotatable bonds is 0. The Labute approximate surface area is 75.8 Å². The summed E-state index contributed by atoms with van der Waals surface area (Å²) in [6.07, 6.45) is 1.55. The second kappa shape index (κ2) is 4.38. The van der Waals surface area contributed by atoms with Gasteiger partial charge in [-0.15, -0.1) is 11.6 Å². The van der Waals surface area contributed by atoms with Crippen LogP contribution < -0.4 is 0 Å². The van der Waals surface area contributed by atoms with Gasteiger partial charge in [-0.3, -0.25) is 0 Å². The van der Waals surface area contributed by atoms with Gasteiger partial charge in [-0.1, -0.05) is 5.92 Å². The second-order valence-electron chi connectivity index (χ2n) is 1.98. The summed E-state index contributed by atoms with van der Waals surface area (Å²) in [5, 5.41) is 8.54. The molecule has 0 saturated carbocycles. The first-order chi connectivity index (χ1) is 5.86. The number of hydrogen-bond donors (Lipinski definition) is 0. The van der Waals surface area contributed by atoms with Crippen LogP contribution in [0.25, 0.3) is 0 Å². The smallest absolute Gasteiger partial charge is 0.114 e. The molecule has 2 nitrogen and oxygen atoms in total. The minimum Gasteiger partial charge on any atom is -0.248 e. The van der Waals surface area contributed by atoms with Crippen molar-refractivity contribution in [2.75, 3.05) is 5.88 Å². The Morgan fingerprint density at radius 1 is 1.58 bits per heavy atom. The molecular formula is C9H5ClN2. The van der Waals surface area contributed by atoms with Gasteiger partial charge in [0.2, 0.25) is 0 Å². The summed E-state index contributed by atoms with van der Waals surface area (Å²) in [7, 11) is 0. The van der Waals surface area contributed by atoms with Crippen molar-refractivity contribution < 1.29 is 0 Å². The molecule has 0 unspecified atom stereocenters. The standard InChI is InChI=1S/C9H5ClN2/c10-4-1-2-9-6-8(7-11)3-5-12-9/h3,5-6H,4H2. The van der Waals surface area contributed by atoms with Crippen LogP contribution in [-0.2, 0) is 0 Å². The number of hydrogen-bond acceptors (Lipinski definition) is 2. The van der Waals surface area contributed by atoms with Gasteiger partial charge < -0.3 is 0 Å². The van der Waals surface area contributed by atoms with Crippen LogP contribution >= 0.6 is 11.6 Å². The lowest BCUT2D eigenvalue weighted by Gasteiger charge is -1.88. The van der Waals surface area contributed by atoms with Crippen molar-refractivity contribution in [3.05, 3.63) is 29.6 Å². The number of pyridine rings is 1. The molecule has 12 heavy (non-hydrogen) atoms. The van der Waals surface area contributed by atoms with Crippen LogP contribution in [-0.4, -0.2) is 10.9 Å². The van der Waals surface area contributed by atoms with E-state index in [2.05, 4.69) is 16.8 Å². The van der Waals surface area contributed by atoms with Crippen molar-refractivity contribution in [3.8, 4) is 17.9 Å². The van der Waals surface area contributed by atoms with E-state index < -0.39 is 0 Å². The molecule has 0 aliphatic carbocycles. The van der Waals surface area contributed by atoms with Crippen LogP contribution in [0.1, 0.15) is 11.3 Å². The van der Waals surface area contributed by atoms with E-state index in [1.807, 2.05) is 6.07 Å². The Morgan fingerprint density at radius 3 is 3.08 bits per heavy atom. The Bertz CT molecular complexity index is 368. The van der Waals surface area contributed by atoms with E-state index in [0.29, 0.717) is 11.3 Å². The molecule has 1 aromatic rings. The van der Waals surface area contributed by atoms with Crippen LogP contribution in [0.3, 0.4) is 0 Å². The lowest BCUT2D eigenvalue weighted by atomic mass is 10.2. The fraction of sp³-hybridized carbons (Fsp3) is 0.111. The van der Waals surface area contributed by atoms with E-state index in [-0.39, 0.29) is 5.88 Å². The van der Waals surface area contributed by atoms with E-state index in [1.165, 1.54) is 0 Å². The van der Waals surface area contributed by atoms with E-state index in [0.717, 1.165) is 0 Å². The summed E-state index contributed by atoms with van der Waals surface area (Å²) in [5.74, 6) is 5.66. The summed E-state index contributed by atoms with van der Waals surface area (Å²) in [6, 6.07) is 5.26. The van der Waals surface area contributed by atoms with Gasteiger partial charge in [-0.05, 0) is 18.1 Å². The molecule has 0 amide bonds. The number of alkyl halides is 1. The molecule has 0 radical (unpaired) electrons. The van der Waals surface area contributed by atoms with Crippen molar-refractivity contribution >= 4 is 11.6 Å². The maximum Gasteiger partial charge on any atom is 0.114 e. The second-order valence-corrected chi connectivity index (χ2v) is 2.24. The first-order valence-corrected chi connectivity index (χ1v) is 3.81. The van der Waals surface area contributed by atoms with Crippen LogP contribution in [0.2, 0.25) is 0 Å². The van der Waals surface area contributed by atoms with E-state index in [9.17, 15) is 0 Å². The van der Waals surface area contributed by atoms with Gasteiger partial charge in [0.05, 0.1) is 17.5 Å². The van der Waals surface area contributed by atoms with Crippen LogP contribution in [0, 0.1) is 23.2 Å². The maximum atomic E-state index is 8.54. The Hall–Kier alpha value is -1.51. The molecule has 0 N–H and O–H groups in total. The molecule has 0 aliphatic rings. The van der Waals surface area contributed by atoms with Crippen molar-refractivity contribution in [1.82, 2.24) is 4.98 Å². The van der Waals surface area contributed by atoms with E-state index in [4.69, 9.17) is 16.9 Å². The average molecular weight is 177 g/mol. The number of halogens is 1. The number of nitrogens with zero attached hydrogens (tertiary/aromatic N) is 2. The highest BCUT2D eigenvalue weighted by Crippen LogP contribution is 1.97. The van der Waals surface area contributed by atoms with E-state index >= 15 is 0 Å². The van der Waals surface area contributed by atoms with Crippen LogP contribution in [0.5, 0.6) is 0 Å².